The number of fused-ring (bicyclic) bond motifs is 1. The van der Waals surface area contributed by atoms with Gasteiger partial charge in [0, 0.05) is 19.2 Å². The Kier molecular flexibility index (Phi) is 5.12. The van der Waals surface area contributed by atoms with E-state index >= 15 is 0 Å². The van der Waals surface area contributed by atoms with E-state index in [0.29, 0.717) is 22.4 Å². The molecular formula is C16H13ClN4O2S2. The third kappa shape index (κ3) is 4.04. The third-order valence-corrected chi connectivity index (χ3v) is 5.22. The van der Waals surface area contributed by atoms with Crippen LogP contribution < -0.4 is 5.32 Å². The number of nitro benzene ring substituents is 1. The topological polar surface area (TPSA) is 71.3 Å². The average molecular weight is 393 g/mol. The fourth-order valence-electron chi connectivity index (χ4n) is 2.20. The first-order valence-corrected chi connectivity index (χ1v) is 8.85. The Bertz CT molecular complexity index is 927. The van der Waals surface area contributed by atoms with Crippen LogP contribution in [-0.2, 0) is 6.54 Å². The van der Waals surface area contributed by atoms with Gasteiger partial charge in [-0.1, -0.05) is 23.7 Å². The molecular weight excluding hydrogens is 380 g/mol. The fraction of sp³-hybridized carbons (Fsp3) is 0.125. The van der Waals surface area contributed by atoms with E-state index in [-0.39, 0.29) is 5.69 Å². The van der Waals surface area contributed by atoms with Crippen LogP contribution in [0.4, 0.5) is 11.4 Å². The lowest BCUT2D eigenvalue weighted by Crippen LogP contribution is -2.30. The molecule has 0 aliphatic heterocycles. The van der Waals surface area contributed by atoms with Gasteiger partial charge in [-0.25, -0.2) is 4.98 Å². The number of para-hydroxylation sites is 1. The third-order valence-electron chi connectivity index (χ3n) is 3.46. The first kappa shape index (κ1) is 17.5. The van der Waals surface area contributed by atoms with Crippen LogP contribution in [0, 0.1) is 10.1 Å². The Morgan fingerprint density at radius 1 is 1.40 bits per heavy atom. The molecule has 1 aromatic heterocycles. The quantitative estimate of drug-likeness (QED) is 0.394. The molecule has 25 heavy (non-hydrogen) atoms. The molecule has 0 unspecified atom stereocenters. The molecule has 0 bridgehead atoms. The molecule has 0 saturated carbocycles. The van der Waals surface area contributed by atoms with Crippen LogP contribution in [0.5, 0.6) is 0 Å². The number of nitro groups is 1. The van der Waals surface area contributed by atoms with E-state index in [9.17, 15) is 10.1 Å². The Labute approximate surface area is 158 Å². The van der Waals surface area contributed by atoms with Crippen LogP contribution in [0.2, 0.25) is 5.02 Å². The second-order valence-electron chi connectivity index (χ2n) is 5.28. The number of hydrogen-bond acceptors (Lipinski definition) is 5. The van der Waals surface area contributed by atoms with Crippen LogP contribution in [-0.4, -0.2) is 27.0 Å². The summed E-state index contributed by atoms with van der Waals surface area (Å²) in [5.41, 5.74) is 1.30. The van der Waals surface area contributed by atoms with Gasteiger partial charge in [0.25, 0.3) is 5.69 Å². The molecule has 0 radical (unpaired) electrons. The van der Waals surface area contributed by atoms with Crippen molar-refractivity contribution in [1.29, 1.82) is 0 Å². The van der Waals surface area contributed by atoms with E-state index in [0.717, 1.165) is 15.2 Å². The summed E-state index contributed by atoms with van der Waals surface area (Å²) in [5.74, 6) is 0. The SMILES string of the molecule is CN(Cc1nc2ccccc2s1)C(=S)Nc1cc([N+](=O)[O-])ccc1Cl. The molecule has 3 aromatic rings. The van der Waals surface area contributed by atoms with Gasteiger partial charge in [-0.05, 0) is 30.4 Å². The molecule has 0 aliphatic carbocycles. The lowest BCUT2D eigenvalue weighted by atomic mass is 10.3. The minimum Gasteiger partial charge on any atom is -0.345 e. The number of thiocarbonyl (C=S) groups is 1. The Hall–Kier alpha value is -2.29. The minimum absolute atomic E-state index is 0.0523. The summed E-state index contributed by atoms with van der Waals surface area (Å²) in [6, 6.07) is 12.1. The maximum absolute atomic E-state index is 10.9. The van der Waals surface area contributed by atoms with Crippen molar-refractivity contribution in [2.24, 2.45) is 0 Å². The fourth-order valence-corrected chi connectivity index (χ4v) is 3.56. The van der Waals surface area contributed by atoms with Gasteiger partial charge in [-0.2, -0.15) is 0 Å². The van der Waals surface area contributed by atoms with Gasteiger partial charge in [0.2, 0.25) is 0 Å². The van der Waals surface area contributed by atoms with Crippen molar-refractivity contribution >= 4 is 61.9 Å². The number of anilines is 1. The van der Waals surface area contributed by atoms with Crippen LogP contribution in [0.1, 0.15) is 5.01 Å². The molecule has 9 heteroatoms. The molecule has 2 aromatic carbocycles. The first-order valence-electron chi connectivity index (χ1n) is 7.24. The van der Waals surface area contributed by atoms with Crippen LogP contribution in [0.15, 0.2) is 42.5 Å². The lowest BCUT2D eigenvalue weighted by molar-refractivity contribution is -0.384. The van der Waals surface area contributed by atoms with Gasteiger partial charge in [-0.15, -0.1) is 11.3 Å². The lowest BCUT2D eigenvalue weighted by Gasteiger charge is -2.20. The molecule has 0 atom stereocenters. The van der Waals surface area contributed by atoms with Crippen LogP contribution in [0.3, 0.4) is 0 Å². The highest BCUT2D eigenvalue weighted by Crippen LogP contribution is 2.27. The number of benzene rings is 2. The number of aromatic nitrogens is 1. The zero-order valence-corrected chi connectivity index (χ0v) is 15.5. The van der Waals surface area contributed by atoms with Gasteiger partial charge in [0.1, 0.15) is 5.01 Å². The highest BCUT2D eigenvalue weighted by atomic mass is 35.5. The monoisotopic (exact) mass is 392 g/mol. The van der Waals surface area contributed by atoms with Crippen molar-refractivity contribution < 1.29 is 4.92 Å². The predicted octanol–water partition coefficient (Wildman–Crippen LogP) is 4.69. The number of halogens is 1. The molecule has 1 heterocycles. The Balaban J connectivity index is 1.72. The van der Waals surface area contributed by atoms with Gasteiger partial charge in [0.05, 0.1) is 32.4 Å². The highest BCUT2D eigenvalue weighted by molar-refractivity contribution is 7.80. The van der Waals surface area contributed by atoms with E-state index in [4.69, 9.17) is 23.8 Å². The van der Waals surface area contributed by atoms with Crippen molar-refractivity contribution in [3.63, 3.8) is 0 Å². The number of hydrogen-bond donors (Lipinski definition) is 1. The number of nitrogens with one attached hydrogen (secondary N) is 1. The first-order chi connectivity index (χ1) is 11.9. The van der Waals surface area contributed by atoms with Gasteiger partial charge in [0.15, 0.2) is 5.11 Å². The summed E-state index contributed by atoms with van der Waals surface area (Å²) in [5, 5.41) is 15.5. The summed E-state index contributed by atoms with van der Waals surface area (Å²) < 4.78 is 1.12. The van der Waals surface area contributed by atoms with Crippen molar-refractivity contribution in [2.45, 2.75) is 6.54 Å². The molecule has 128 valence electrons. The average Bonchev–Trinajstić information content (AvgIpc) is 2.98. The van der Waals surface area contributed by atoms with Gasteiger partial charge in [-0.3, -0.25) is 10.1 Å². The molecule has 0 amide bonds. The maximum atomic E-state index is 10.9. The summed E-state index contributed by atoms with van der Waals surface area (Å²) in [6.45, 7) is 0.526. The molecule has 3 rings (SSSR count). The van der Waals surface area contributed by atoms with E-state index < -0.39 is 4.92 Å². The Morgan fingerprint density at radius 2 is 2.16 bits per heavy atom. The van der Waals surface area contributed by atoms with Crippen molar-refractivity contribution in [3.8, 4) is 0 Å². The van der Waals surface area contributed by atoms with Crippen LogP contribution in [0.25, 0.3) is 10.2 Å². The van der Waals surface area contributed by atoms with Gasteiger partial charge < -0.3 is 10.2 Å². The zero-order chi connectivity index (χ0) is 18.0. The van der Waals surface area contributed by atoms with Crippen LogP contribution >= 0.6 is 35.2 Å². The van der Waals surface area contributed by atoms with E-state index in [1.165, 1.54) is 18.2 Å². The molecule has 0 saturated heterocycles. The van der Waals surface area contributed by atoms with E-state index in [1.54, 1.807) is 11.3 Å². The highest BCUT2D eigenvalue weighted by Gasteiger charge is 2.14. The summed E-state index contributed by atoms with van der Waals surface area (Å²) in [6.07, 6.45) is 0. The molecule has 0 spiro atoms. The second-order valence-corrected chi connectivity index (χ2v) is 7.19. The Morgan fingerprint density at radius 3 is 2.88 bits per heavy atom. The summed E-state index contributed by atoms with van der Waals surface area (Å²) in [7, 11) is 1.83. The largest absolute Gasteiger partial charge is 0.345 e. The summed E-state index contributed by atoms with van der Waals surface area (Å²) in [4.78, 5) is 16.8. The smallest absolute Gasteiger partial charge is 0.271 e. The van der Waals surface area contributed by atoms with Crippen molar-refractivity contribution in [1.82, 2.24) is 9.88 Å². The van der Waals surface area contributed by atoms with E-state index in [1.807, 2.05) is 36.2 Å². The molecule has 0 aliphatic rings. The molecule has 1 N–H and O–H groups in total. The van der Waals surface area contributed by atoms with Crippen molar-refractivity contribution in [3.05, 3.63) is 62.6 Å². The molecule has 6 nitrogen and oxygen atoms in total. The second kappa shape index (κ2) is 7.30. The minimum atomic E-state index is -0.477. The molecule has 0 fully saturated rings. The van der Waals surface area contributed by atoms with Gasteiger partial charge >= 0.3 is 0 Å². The number of non-ortho nitro benzene ring substituents is 1. The predicted molar refractivity (Wildman–Crippen MR) is 105 cm³/mol. The maximum Gasteiger partial charge on any atom is 0.271 e. The van der Waals surface area contributed by atoms with E-state index in [2.05, 4.69) is 10.3 Å². The summed E-state index contributed by atoms with van der Waals surface area (Å²) >= 11 is 13.1. The standard InChI is InChI=1S/C16H13ClN4O2S2/c1-20(9-15-18-12-4-2-3-5-14(12)25-15)16(24)19-13-8-10(21(22)23)6-7-11(13)17/h2-8H,9H2,1H3,(H,19,24). The number of nitrogens with zero attached hydrogens (tertiary/aromatic N) is 3. The van der Waals surface area contributed by atoms with Crippen molar-refractivity contribution in [2.75, 3.05) is 12.4 Å². The number of rotatable bonds is 4. The normalized spacial score (nSPS) is 10.6. The zero-order valence-electron chi connectivity index (χ0n) is 13.1. The number of thiazole rings is 1.